The highest BCUT2D eigenvalue weighted by atomic mass is 16.6. The second kappa shape index (κ2) is 15.3. The molecule has 0 saturated carbocycles. The first-order chi connectivity index (χ1) is 26.1. The van der Waals surface area contributed by atoms with Gasteiger partial charge in [-0.1, -0.05) is 50.2 Å². The average Bonchev–Trinajstić information content (AvgIpc) is 3.16. The standard InChI is InChI=1S/C43H48O12/c1-24-32(53-34(46)17-13-27-12-14-30-21-31(51-6)16-15-29(30)20-27)22-43(50)39(54-40(49)28-10-8-7-9-11-28)36(25(2)37(47)38(48)35(24)41(43,4)5)42(55-26(3)45)23-52-33(42)18-19-44/h7-17,20-21,32-33,36,38-39,44,47-48,50H,18-19,22-23H2,1-6H3/b17-13+,37-25+/t32-,33?,36+,38+,39-,42-,43+/m0/s1. The molecule has 0 radical (unpaired) electrons. The third kappa shape index (κ3) is 7.04. The van der Waals surface area contributed by atoms with Crippen LogP contribution in [0.5, 0.6) is 5.75 Å². The van der Waals surface area contributed by atoms with Crippen molar-refractivity contribution in [2.45, 2.75) is 83.1 Å². The van der Waals surface area contributed by atoms with Crippen LogP contribution in [0.2, 0.25) is 0 Å². The van der Waals surface area contributed by atoms with Crippen molar-refractivity contribution in [2.75, 3.05) is 20.3 Å². The molecule has 12 heteroatoms. The molecule has 6 rings (SSSR count). The maximum atomic E-state index is 14.0. The largest absolute Gasteiger partial charge is 0.509 e. The fraction of sp³-hybridized carbons (Fsp3) is 0.419. The number of fused-ring (bicyclic) bond motifs is 3. The molecule has 1 heterocycles. The maximum absolute atomic E-state index is 14.0. The number of methoxy groups -OCH3 is 1. The molecule has 4 N–H and O–H groups in total. The molecule has 1 aliphatic heterocycles. The first-order valence-corrected chi connectivity index (χ1v) is 18.2. The molecule has 1 fully saturated rings. The van der Waals surface area contributed by atoms with Crippen LogP contribution in [0, 0.1) is 11.3 Å². The number of aliphatic hydroxyl groups excluding tert-OH is 3. The van der Waals surface area contributed by atoms with Crippen LogP contribution in [-0.2, 0) is 28.5 Å². The molecule has 0 amide bonds. The predicted octanol–water partition coefficient (Wildman–Crippen LogP) is 5.38. The van der Waals surface area contributed by atoms with Crippen molar-refractivity contribution in [1.82, 2.24) is 0 Å². The van der Waals surface area contributed by atoms with E-state index < -0.39 is 70.6 Å². The van der Waals surface area contributed by atoms with Gasteiger partial charge in [0.25, 0.3) is 0 Å². The highest BCUT2D eigenvalue weighted by Gasteiger charge is 2.69. The second-order valence-corrected chi connectivity index (χ2v) is 15.1. The van der Waals surface area contributed by atoms with Crippen molar-refractivity contribution in [2.24, 2.45) is 11.3 Å². The lowest BCUT2D eigenvalue weighted by atomic mass is 9.53. The van der Waals surface area contributed by atoms with Crippen molar-refractivity contribution < 1.29 is 58.5 Å². The van der Waals surface area contributed by atoms with Crippen LogP contribution in [0.15, 0.2) is 95.3 Å². The van der Waals surface area contributed by atoms with Crippen LogP contribution < -0.4 is 4.74 Å². The molecule has 55 heavy (non-hydrogen) atoms. The summed E-state index contributed by atoms with van der Waals surface area (Å²) in [5, 5.41) is 49.0. The molecule has 3 aliphatic rings. The molecule has 3 aromatic rings. The topological polar surface area (TPSA) is 178 Å². The van der Waals surface area contributed by atoms with E-state index in [-0.39, 0.29) is 42.8 Å². The van der Waals surface area contributed by atoms with Gasteiger partial charge in [0.2, 0.25) is 0 Å². The number of benzene rings is 3. The van der Waals surface area contributed by atoms with E-state index in [1.807, 2.05) is 36.4 Å². The average molecular weight is 757 g/mol. The van der Waals surface area contributed by atoms with Gasteiger partial charge in [-0.15, -0.1) is 0 Å². The Morgan fingerprint density at radius 1 is 0.964 bits per heavy atom. The van der Waals surface area contributed by atoms with Crippen LogP contribution in [0.1, 0.15) is 63.4 Å². The Hall–Kier alpha value is -5.01. The summed E-state index contributed by atoms with van der Waals surface area (Å²) in [5.74, 6) is -3.38. The maximum Gasteiger partial charge on any atom is 0.338 e. The van der Waals surface area contributed by atoms with E-state index in [4.69, 9.17) is 23.7 Å². The van der Waals surface area contributed by atoms with Gasteiger partial charge < -0.3 is 44.1 Å². The first-order valence-electron chi connectivity index (χ1n) is 18.2. The Kier molecular flexibility index (Phi) is 11.0. The van der Waals surface area contributed by atoms with E-state index in [0.29, 0.717) is 5.57 Å². The van der Waals surface area contributed by atoms with Gasteiger partial charge in [0.1, 0.15) is 41.5 Å². The Morgan fingerprint density at radius 2 is 1.65 bits per heavy atom. The number of carbonyl (C=O) groups excluding carboxylic acids is 3. The zero-order valence-corrected chi connectivity index (χ0v) is 31.8. The Labute approximate surface area is 319 Å². The molecular weight excluding hydrogens is 708 g/mol. The van der Waals surface area contributed by atoms with Crippen molar-refractivity contribution >= 4 is 34.8 Å². The molecule has 1 unspecified atom stereocenters. The lowest BCUT2D eigenvalue weighted by molar-refractivity contribution is -0.296. The van der Waals surface area contributed by atoms with E-state index in [1.165, 1.54) is 19.9 Å². The zero-order valence-electron chi connectivity index (χ0n) is 31.8. The molecule has 292 valence electrons. The van der Waals surface area contributed by atoms with Gasteiger partial charge in [-0.05, 0) is 83.3 Å². The lowest BCUT2D eigenvalue weighted by Crippen LogP contribution is -2.73. The van der Waals surface area contributed by atoms with Crippen LogP contribution >= 0.6 is 0 Å². The Morgan fingerprint density at radius 3 is 2.29 bits per heavy atom. The Balaban J connectivity index is 1.45. The minimum Gasteiger partial charge on any atom is -0.509 e. The summed E-state index contributed by atoms with van der Waals surface area (Å²) in [7, 11) is 1.60. The van der Waals surface area contributed by atoms with Crippen LogP contribution in [0.3, 0.4) is 0 Å². The third-order valence-electron chi connectivity index (χ3n) is 11.6. The van der Waals surface area contributed by atoms with Gasteiger partial charge in [-0.3, -0.25) is 4.79 Å². The summed E-state index contributed by atoms with van der Waals surface area (Å²) in [6.45, 7) is 7.07. The van der Waals surface area contributed by atoms with Crippen LogP contribution in [0.4, 0.5) is 0 Å². The van der Waals surface area contributed by atoms with Gasteiger partial charge in [0.15, 0.2) is 5.60 Å². The highest BCUT2D eigenvalue weighted by molar-refractivity contribution is 5.91. The number of hydrogen-bond acceptors (Lipinski definition) is 12. The van der Waals surface area contributed by atoms with Crippen molar-refractivity contribution in [3.63, 3.8) is 0 Å². The fourth-order valence-electron chi connectivity index (χ4n) is 8.65. The summed E-state index contributed by atoms with van der Waals surface area (Å²) in [5.41, 5.74) is -3.71. The lowest BCUT2D eigenvalue weighted by Gasteiger charge is -2.61. The normalized spacial score (nSPS) is 30.2. The number of rotatable bonds is 10. The quantitative estimate of drug-likeness (QED) is 0.0900. The van der Waals surface area contributed by atoms with Gasteiger partial charge in [-0.2, -0.15) is 0 Å². The number of aliphatic hydroxyl groups is 4. The monoisotopic (exact) mass is 756 g/mol. The summed E-state index contributed by atoms with van der Waals surface area (Å²) in [6, 6.07) is 19.4. The van der Waals surface area contributed by atoms with Gasteiger partial charge in [0.05, 0.1) is 25.2 Å². The van der Waals surface area contributed by atoms with E-state index in [2.05, 4.69) is 0 Å². The summed E-state index contributed by atoms with van der Waals surface area (Å²) < 4.78 is 29.5. The summed E-state index contributed by atoms with van der Waals surface area (Å²) in [6.07, 6.45) is -2.84. The highest BCUT2D eigenvalue weighted by Crippen LogP contribution is 2.59. The van der Waals surface area contributed by atoms with Crippen molar-refractivity contribution in [3.8, 4) is 5.75 Å². The summed E-state index contributed by atoms with van der Waals surface area (Å²) in [4.78, 5) is 40.3. The van der Waals surface area contributed by atoms with Crippen molar-refractivity contribution in [1.29, 1.82) is 0 Å². The molecule has 2 bridgehead atoms. The molecule has 2 aliphatic carbocycles. The van der Waals surface area contributed by atoms with E-state index in [0.717, 1.165) is 22.1 Å². The molecule has 3 aromatic carbocycles. The Bertz CT molecular complexity index is 2070. The first kappa shape index (κ1) is 39.7. The number of carbonyl (C=O) groups is 3. The third-order valence-corrected chi connectivity index (χ3v) is 11.6. The number of hydrogen-bond donors (Lipinski definition) is 4. The predicted molar refractivity (Wildman–Crippen MR) is 202 cm³/mol. The van der Waals surface area contributed by atoms with Crippen molar-refractivity contribution in [3.05, 3.63) is 106 Å². The number of esters is 3. The molecule has 1 saturated heterocycles. The molecule has 12 nitrogen and oxygen atoms in total. The fourth-order valence-corrected chi connectivity index (χ4v) is 8.65. The van der Waals surface area contributed by atoms with Crippen LogP contribution in [0.25, 0.3) is 16.8 Å². The molecule has 7 atom stereocenters. The van der Waals surface area contributed by atoms with E-state index >= 15 is 0 Å². The SMILES string of the molecule is COc1ccc2cc(/C=C/C(=O)O[C@H]3C[C@@]4(O)[C@@H](OC(=O)c5ccccc5)[C@H]([C@]5(OC(C)=O)COC5CCO)/C(C)=C(/O)[C@H](O)C(=C3C)C4(C)C)ccc2c1. The van der Waals surface area contributed by atoms with Crippen LogP contribution in [-0.4, -0.2) is 94.3 Å². The van der Waals surface area contributed by atoms with E-state index in [9.17, 15) is 34.8 Å². The molecule has 0 aromatic heterocycles. The van der Waals surface area contributed by atoms with Gasteiger partial charge in [-0.25, -0.2) is 9.59 Å². The molecule has 0 spiro atoms. The minimum atomic E-state index is -2.14. The van der Waals surface area contributed by atoms with E-state index in [1.54, 1.807) is 64.3 Å². The smallest absolute Gasteiger partial charge is 0.338 e. The zero-order chi connectivity index (χ0) is 39.9. The van der Waals surface area contributed by atoms with Gasteiger partial charge in [0, 0.05) is 37.9 Å². The molecular formula is C43H48O12. The minimum absolute atomic E-state index is 0.00375. The second-order valence-electron chi connectivity index (χ2n) is 15.1. The van der Waals surface area contributed by atoms with Gasteiger partial charge >= 0.3 is 17.9 Å². The number of ether oxygens (including phenoxy) is 5. The summed E-state index contributed by atoms with van der Waals surface area (Å²) >= 11 is 0.